The largest absolute Gasteiger partial charge is 0.493 e. The van der Waals surface area contributed by atoms with Gasteiger partial charge in [-0.25, -0.2) is 4.79 Å². The molecular formula is C23H21ClN2O7. The molecule has 1 aromatic heterocycles. The zero-order valence-electron chi connectivity index (χ0n) is 18.1. The summed E-state index contributed by atoms with van der Waals surface area (Å²) in [5.74, 6) is -1.45. The molecule has 0 aliphatic heterocycles. The van der Waals surface area contributed by atoms with E-state index >= 15 is 0 Å². The number of hydrogen-bond acceptors (Lipinski definition) is 7. The minimum Gasteiger partial charge on any atom is -0.493 e. The highest BCUT2D eigenvalue weighted by Gasteiger charge is 2.22. The summed E-state index contributed by atoms with van der Waals surface area (Å²) in [6.07, 6.45) is 1.35. The molecule has 3 rings (SSSR count). The van der Waals surface area contributed by atoms with Crippen LogP contribution in [-0.4, -0.2) is 38.6 Å². The molecule has 0 aliphatic carbocycles. The maximum atomic E-state index is 12.8. The van der Waals surface area contributed by atoms with Gasteiger partial charge in [-0.2, -0.15) is 0 Å². The standard InChI is InChI=1S/C23H21ClN2O7/c1-13-15(24)6-4-7-16(13)25-21(27)12-33-23(29)14-10-19(30-2)20(31-3)11-17(14)26-22(28)18-8-5-9-32-18/h4-11H,12H2,1-3H3,(H,25,27)(H,26,28). The van der Waals surface area contributed by atoms with Gasteiger partial charge >= 0.3 is 5.97 Å². The number of anilines is 2. The summed E-state index contributed by atoms with van der Waals surface area (Å²) in [6, 6.07) is 10.8. The fourth-order valence-electron chi connectivity index (χ4n) is 2.88. The molecule has 33 heavy (non-hydrogen) atoms. The highest BCUT2D eigenvalue weighted by molar-refractivity contribution is 6.31. The van der Waals surface area contributed by atoms with Crippen molar-refractivity contribution in [2.45, 2.75) is 6.92 Å². The number of carbonyl (C=O) groups is 3. The second kappa shape index (κ2) is 10.6. The highest BCUT2D eigenvalue weighted by atomic mass is 35.5. The molecule has 2 N–H and O–H groups in total. The molecule has 0 spiro atoms. The molecule has 0 bridgehead atoms. The fourth-order valence-corrected chi connectivity index (χ4v) is 3.06. The van der Waals surface area contributed by atoms with Crippen molar-refractivity contribution in [1.29, 1.82) is 0 Å². The van der Waals surface area contributed by atoms with Crippen LogP contribution in [0.25, 0.3) is 0 Å². The van der Waals surface area contributed by atoms with E-state index in [-0.39, 0.29) is 28.5 Å². The van der Waals surface area contributed by atoms with Crippen molar-refractivity contribution in [2.24, 2.45) is 0 Å². The van der Waals surface area contributed by atoms with Crippen molar-refractivity contribution in [3.05, 3.63) is 70.6 Å². The summed E-state index contributed by atoms with van der Waals surface area (Å²) in [6.45, 7) is 1.19. The van der Waals surface area contributed by atoms with Crippen LogP contribution >= 0.6 is 11.6 Å². The topological polar surface area (TPSA) is 116 Å². The first kappa shape index (κ1) is 23.7. The number of ether oxygens (including phenoxy) is 3. The minimum absolute atomic E-state index is 0.0420. The molecule has 2 amide bonds. The number of carbonyl (C=O) groups excluding carboxylic acids is 3. The average molecular weight is 473 g/mol. The molecule has 10 heteroatoms. The van der Waals surface area contributed by atoms with Gasteiger partial charge in [0.25, 0.3) is 11.8 Å². The molecular weight excluding hydrogens is 452 g/mol. The molecule has 0 saturated carbocycles. The van der Waals surface area contributed by atoms with Gasteiger partial charge in [-0.15, -0.1) is 0 Å². The van der Waals surface area contributed by atoms with Crippen molar-refractivity contribution in [1.82, 2.24) is 0 Å². The second-order valence-corrected chi connectivity index (χ2v) is 7.13. The number of nitrogens with one attached hydrogen (secondary N) is 2. The lowest BCUT2D eigenvalue weighted by Crippen LogP contribution is -2.22. The molecule has 9 nitrogen and oxygen atoms in total. The van der Waals surface area contributed by atoms with E-state index in [4.69, 9.17) is 30.2 Å². The van der Waals surface area contributed by atoms with Crippen LogP contribution in [0.2, 0.25) is 5.02 Å². The predicted octanol–water partition coefficient (Wildman–Crippen LogP) is 4.31. The van der Waals surface area contributed by atoms with Crippen LogP contribution in [0.3, 0.4) is 0 Å². The molecule has 2 aromatic carbocycles. The van der Waals surface area contributed by atoms with Crippen LogP contribution in [0.5, 0.6) is 11.5 Å². The third-order valence-electron chi connectivity index (χ3n) is 4.61. The zero-order valence-corrected chi connectivity index (χ0v) is 18.8. The lowest BCUT2D eigenvalue weighted by Gasteiger charge is -2.15. The summed E-state index contributed by atoms with van der Waals surface area (Å²) in [5.41, 5.74) is 1.23. The predicted molar refractivity (Wildman–Crippen MR) is 121 cm³/mol. The van der Waals surface area contributed by atoms with Gasteiger partial charge in [0.05, 0.1) is 31.7 Å². The number of esters is 1. The molecule has 172 valence electrons. The van der Waals surface area contributed by atoms with Gasteiger partial charge < -0.3 is 29.3 Å². The minimum atomic E-state index is -0.858. The van der Waals surface area contributed by atoms with Crippen LogP contribution in [0, 0.1) is 6.92 Å². The Labute approximate surface area is 194 Å². The quantitative estimate of drug-likeness (QED) is 0.469. The molecule has 0 saturated heterocycles. The first-order chi connectivity index (χ1) is 15.8. The maximum Gasteiger partial charge on any atom is 0.340 e. The summed E-state index contributed by atoms with van der Waals surface area (Å²) < 4.78 is 20.7. The molecule has 0 radical (unpaired) electrons. The number of amides is 2. The van der Waals surface area contributed by atoms with E-state index in [0.717, 1.165) is 0 Å². The van der Waals surface area contributed by atoms with Crippen LogP contribution < -0.4 is 20.1 Å². The van der Waals surface area contributed by atoms with Crippen LogP contribution in [0.1, 0.15) is 26.5 Å². The Hall–Kier alpha value is -3.98. The van der Waals surface area contributed by atoms with Gasteiger partial charge in [0.2, 0.25) is 0 Å². The number of hydrogen-bond donors (Lipinski definition) is 2. The Balaban J connectivity index is 1.78. The number of benzene rings is 2. The third-order valence-corrected chi connectivity index (χ3v) is 5.02. The van der Waals surface area contributed by atoms with E-state index < -0.39 is 24.4 Å². The van der Waals surface area contributed by atoms with E-state index in [9.17, 15) is 14.4 Å². The van der Waals surface area contributed by atoms with Crippen molar-refractivity contribution in [3.8, 4) is 11.5 Å². The monoisotopic (exact) mass is 472 g/mol. The van der Waals surface area contributed by atoms with Gasteiger partial charge in [-0.05, 0) is 36.8 Å². The van der Waals surface area contributed by atoms with Gasteiger partial charge in [0.15, 0.2) is 23.9 Å². The van der Waals surface area contributed by atoms with E-state index in [1.54, 1.807) is 31.2 Å². The normalized spacial score (nSPS) is 10.3. The van der Waals surface area contributed by atoms with Crippen molar-refractivity contribution < 1.29 is 33.0 Å². The summed E-state index contributed by atoms with van der Waals surface area (Å²) >= 11 is 6.05. The lowest BCUT2D eigenvalue weighted by atomic mass is 10.1. The first-order valence-electron chi connectivity index (χ1n) is 9.67. The van der Waals surface area contributed by atoms with E-state index in [1.807, 2.05) is 0 Å². The Kier molecular flexibility index (Phi) is 7.57. The van der Waals surface area contributed by atoms with Crippen LogP contribution in [-0.2, 0) is 9.53 Å². The number of methoxy groups -OCH3 is 2. The van der Waals surface area contributed by atoms with Gasteiger partial charge in [0.1, 0.15) is 0 Å². The molecule has 1 heterocycles. The number of rotatable bonds is 8. The fraction of sp³-hybridized carbons (Fsp3) is 0.174. The summed E-state index contributed by atoms with van der Waals surface area (Å²) in [7, 11) is 2.81. The molecule has 3 aromatic rings. The zero-order chi connectivity index (χ0) is 24.0. The number of halogens is 1. The molecule has 0 fully saturated rings. The van der Waals surface area contributed by atoms with Gasteiger partial charge in [-0.1, -0.05) is 17.7 Å². The Morgan fingerprint density at radius 2 is 1.70 bits per heavy atom. The Morgan fingerprint density at radius 3 is 2.36 bits per heavy atom. The van der Waals surface area contributed by atoms with Crippen molar-refractivity contribution in [3.63, 3.8) is 0 Å². The molecule has 0 unspecified atom stereocenters. The maximum absolute atomic E-state index is 12.8. The van der Waals surface area contributed by atoms with E-state index in [2.05, 4.69) is 10.6 Å². The lowest BCUT2D eigenvalue weighted by molar-refractivity contribution is -0.119. The smallest absolute Gasteiger partial charge is 0.340 e. The molecule has 0 aliphatic rings. The van der Waals surface area contributed by atoms with Gasteiger partial charge in [-0.3, -0.25) is 9.59 Å². The van der Waals surface area contributed by atoms with E-state index in [1.165, 1.54) is 38.7 Å². The van der Waals surface area contributed by atoms with Crippen LogP contribution in [0.15, 0.2) is 53.1 Å². The third kappa shape index (κ3) is 5.64. The highest BCUT2D eigenvalue weighted by Crippen LogP contribution is 2.34. The SMILES string of the molecule is COc1cc(NC(=O)c2ccco2)c(C(=O)OCC(=O)Nc2cccc(Cl)c2C)cc1OC. The summed E-state index contributed by atoms with van der Waals surface area (Å²) in [4.78, 5) is 37.5. The van der Waals surface area contributed by atoms with E-state index in [0.29, 0.717) is 16.3 Å². The average Bonchev–Trinajstić information content (AvgIpc) is 3.35. The van der Waals surface area contributed by atoms with Crippen LogP contribution in [0.4, 0.5) is 11.4 Å². The molecule has 0 atom stereocenters. The second-order valence-electron chi connectivity index (χ2n) is 6.72. The first-order valence-corrected chi connectivity index (χ1v) is 10.0. The summed E-state index contributed by atoms with van der Waals surface area (Å²) in [5, 5.41) is 5.71. The Bertz CT molecular complexity index is 1180. The van der Waals surface area contributed by atoms with Crippen molar-refractivity contribution >= 4 is 40.8 Å². The number of furan rings is 1. The van der Waals surface area contributed by atoms with Crippen molar-refractivity contribution in [2.75, 3.05) is 31.5 Å². The van der Waals surface area contributed by atoms with Gasteiger partial charge in [0, 0.05) is 22.8 Å². The Morgan fingerprint density at radius 1 is 0.970 bits per heavy atom.